The number of likely N-dealkylation sites (tertiary alicyclic amines) is 1. The molecule has 1 aliphatic rings. The number of rotatable bonds is 2. The van der Waals surface area contributed by atoms with E-state index >= 15 is 0 Å². The Balaban J connectivity index is 1.99. The van der Waals surface area contributed by atoms with Crippen molar-refractivity contribution >= 4 is 5.69 Å². The normalized spacial score (nSPS) is 22.9. The average Bonchev–Trinajstić information content (AvgIpc) is 2.48. The zero-order valence-electron chi connectivity index (χ0n) is 10.2. The van der Waals surface area contributed by atoms with Crippen LogP contribution in [0.3, 0.4) is 0 Å². The van der Waals surface area contributed by atoms with Crippen molar-refractivity contribution in [1.29, 1.82) is 0 Å². The van der Waals surface area contributed by atoms with Gasteiger partial charge in [-0.25, -0.2) is 0 Å². The van der Waals surface area contributed by atoms with Gasteiger partial charge in [-0.05, 0) is 44.0 Å². The topological polar surface area (TPSA) is 29.3 Å². The summed E-state index contributed by atoms with van der Waals surface area (Å²) in [4.78, 5) is 2.60. The fraction of sp³-hybridized carbons (Fsp3) is 0.571. The summed E-state index contributed by atoms with van der Waals surface area (Å²) in [5, 5.41) is 0. The van der Waals surface area contributed by atoms with E-state index < -0.39 is 0 Å². The lowest BCUT2D eigenvalue weighted by molar-refractivity contribution is 0.205. The summed E-state index contributed by atoms with van der Waals surface area (Å²) < 4.78 is 0. The first-order chi connectivity index (χ1) is 7.75. The molecule has 0 bridgehead atoms. The van der Waals surface area contributed by atoms with Gasteiger partial charge >= 0.3 is 0 Å². The van der Waals surface area contributed by atoms with Crippen LogP contribution in [0.2, 0.25) is 0 Å². The van der Waals surface area contributed by atoms with Crippen molar-refractivity contribution in [3.8, 4) is 0 Å². The van der Waals surface area contributed by atoms with E-state index in [1.807, 2.05) is 12.1 Å². The van der Waals surface area contributed by atoms with Gasteiger partial charge in [0.05, 0.1) is 0 Å². The van der Waals surface area contributed by atoms with Crippen LogP contribution in [0, 0.1) is 0 Å². The molecule has 16 heavy (non-hydrogen) atoms. The Labute approximate surface area is 98.4 Å². The fourth-order valence-corrected chi connectivity index (χ4v) is 2.43. The number of nitrogens with zero attached hydrogens (tertiary/aromatic N) is 1. The van der Waals surface area contributed by atoms with Gasteiger partial charge in [-0.3, -0.25) is 4.90 Å². The summed E-state index contributed by atoms with van der Waals surface area (Å²) in [6, 6.07) is 9.01. The molecule has 2 nitrogen and oxygen atoms in total. The van der Waals surface area contributed by atoms with E-state index in [-0.39, 0.29) is 0 Å². The Morgan fingerprint density at radius 1 is 1.19 bits per heavy atom. The van der Waals surface area contributed by atoms with Gasteiger partial charge in [0.25, 0.3) is 0 Å². The molecule has 0 radical (unpaired) electrons. The lowest BCUT2D eigenvalue weighted by atomic mass is 10.1. The minimum atomic E-state index is 0.722. The predicted molar refractivity (Wildman–Crippen MR) is 69.2 cm³/mol. The Morgan fingerprint density at radius 2 is 1.94 bits per heavy atom. The molecule has 0 spiro atoms. The summed E-state index contributed by atoms with van der Waals surface area (Å²) >= 11 is 0. The number of hydrogen-bond donors (Lipinski definition) is 1. The van der Waals surface area contributed by atoms with E-state index in [1.54, 1.807) is 0 Å². The van der Waals surface area contributed by atoms with Crippen molar-refractivity contribution in [2.45, 2.75) is 45.2 Å². The second kappa shape index (κ2) is 5.35. The molecule has 2 heteroatoms. The van der Waals surface area contributed by atoms with Crippen LogP contribution < -0.4 is 5.73 Å². The highest BCUT2D eigenvalue weighted by Crippen LogP contribution is 2.19. The van der Waals surface area contributed by atoms with Crippen LogP contribution >= 0.6 is 0 Å². The Bertz CT molecular complexity index is 318. The molecule has 0 saturated carbocycles. The lowest BCUT2D eigenvalue weighted by Crippen LogP contribution is -2.31. The highest BCUT2D eigenvalue weighted by atomic mass is 15.1. The second-order valence-corrected chi connectivity index (χ2v) is 4.91. The van der Waals surface area contributed by atoms with Crippen LogP contribution in [0.15, 0.2) is 24.3 Å². The van der Waals surface area contributed by atoms with E-state index in [0.717, 1.165) is 18.3 Å². The highest BCUT2D eigenvalue weighted by molar-refractivity contribution is 5.39. The van der Waals surface area contributed by atoms with Crippen molar-refractivity contribution in [2.75, 3.05) is 12.3 Å². The van der Waals surface area contributed by atoms with Gasteiger partial charge in [0.1, 0.15) is 0 Å². The smallest absolute Gasteiger partial charge is 0.0314 e. The average molecular weight is 218 g/mol. The highest BCUT2D eigenvalue weighted by Gasteiger charge is 2.16. The maximum atomic E-state index is 5.70. The molecule has 1 aromatic carbocycles. The minimum absolute atomic E-state index is 0.722. The van der Waals surface area contributed by atoms with E-state index in [1.165, 1.54) is 37.8 Å². The Kier molecular flexibility index (Phi) is 3.83. The molecule has 1 unspecified atom stereocenters. The van der Waals surface area contributed by atoms with Gasteiger partial charge < -0.3 is 5.73 Å². The summed E-state index contributed by atoms with van der Waals surface area (Å²) in [6.07, 6.45) is 5.47. The van der Waals surface area contributed by atoms with Gasteiger partial charge in [-0.15, -0.1) is 0 Å². The second-order valence-electron chi connectivity index (χ2n) is 4.91. The molecule has 0 aromatic heterocycles. The van der Waals surface area contributed by atoms with Gasteiger partial charge in [0.15, 0.2) is 0 Å². The zero-order chi connectivity index (χ0) is 11.4. The Hall–Kier alpha value is -1.02. The molecular weight excluding hydrogens is 196 g/mol. The maximum Gasteiger partial charge on any atom is 0.0314 e. The quantitative estimate of drug-likeness (QED) is 0.773. The van der Waals surface area contributed by atoms with E-state index in [2.05, 4.69) is 24.0 Å². The minimum Gasteiger partial charge on any atom is -0.399 e. The monoisotopic (exact) mass is 218 g/mol. The third-order valence-electron chi connectivity index (χ3n) is 3.56. The first-order valence-corrected chi connectivity index (χ1v) is 6.34. The molecule has 1 heterocycles. The third-order valence-corrected chi connectivity index (χ3v) is 3.56. The first-order valence-electron chi connectivity index (χ1n) is 6.34. The molecule has 1 saturated heterocycles. The largest absolute Gasteiger partial charge is 0.399 e. The van der Waals surface area contributed by atoms with E-state index in [0.29, 0.717) is 0 Å². The summed E-state index contributed by atoms with van der Waals surface area (Å²) in [6.45, 7) is 4.66. The molecule has 1 atom stereocenters. The molecule has 2 N–H and O–H groups in total. The summed E-state index contributed by atoms with van der Waals surface area (Å²) in [7, 11) is 0. The molecular formula is C14H22N2. The van der Waals surface area contributed by atoms with Crippen molar-refractivity contribution < 1.29 is 0 Å². The molecule has 1 fully saturated rings. The third kappa shape index (κ3) is 2.99. The molecule has 0 aliphatic carbocycles. The molecule has 88 valence electrons. The molecule has 1 aliphatic heterocycles. The van der Waals surface area contributed by atoms with Crippen molar-refractivity contribution in [3.63, 3.8) is 0 Å². The number of nitrogens with two attached hydrogens (primary N) is 1. The van der Waals surface area contributed by atoms with Crippen molar-refractivity contribution in [1.82, 2.24) is 4.90 Å². The molecule has 1 aromatic rings. The summed E-state index contributed by atoms with van der Waals surface area (Å²) in [5.74, 6) is 0. The lowest BCUT2D eigenvalue weighted by Gasteiger charge is -2.26. The van der Waals surface area contributed by atoms with E-state index in [9.17, 15) is 0 Å². The fourth-order valence-electron chi connectivity index (χ4n) is 2.43. The number of anilines is 1. The van der Waals surface area contributed by atoms with Crippen molar-refractivity contribution in [2.24, 2.45) is 0 Å². The van der Waals surface area contributed by atoms with Crippen LogP contribution in [0.5, 0.6) is 0 Å². The number of hydrogen-bond acceptors (Lipinski definition) is 2. The van der Waals surface area contributed by atoms with Crippen LogP contribution in [-0.4, -0.2) is 17.5 Å². The van der Waals surface area contributed by atoms with Crippen LogP contribution in [-0.2, 0) is 6.54 Å². The Morgan fingerprint density at radius 3 is 2.69 bits per heavy atom. The van der Waals surface area contributed by atoms with Crippen LogP contribution in [0.25, 0.3) is 0 Å². The number of benzene rings is 1. The molecule has 2 rings (SSSR count). The molecule has 0 amide bonds. The van der Waals surface area contributed by atoms with Crippen molar-refractivity contribution in [3.05, 3.63) is 29.8 Å². The summed E-state index contributed by atoms with van der Waals surface area (Å²) in [5.41, 5.74) is 7.93. The van der Waals surface area contributed by atoms with E-state index in [4.69, 9.17) is 5.73 Å². The van der Waals surface area contributed by atoms with Crippen LogP contribution in [0.4, 0.5) is 5.69 Å². The van der Waals surface area contributed by atoms with Crippen LogP contribution in [0.1, 0.15) is 38.2 Å². The van der Waals surface area contributed by atoms with Gasteiger partial charge in [0.2, 0.25) is 0 Å². The maximum absolute atomic E-state index is 5.70. The number of nitrogen functional groups attached to an aromatic ring is 1. The predicted octanol–water partition coefficient (Wildman–Crippen LogP) is 3.03. The van der Waals surface area contributed by atoms with Gasteiger partial charge in [0, 0.05) is 18.3 Å². The van der Waals surface area contributed by atoms with Gasteiger partial charge in [-0.1, -0.05) is 25.0 Å². The van der Waals surface area contributed by atoms with Gasteiger partial charge in [-0.2, -0.15) is 0 Å². The first kappa shape index (κ1) is 11.5. The standard InChI is InChI=1S/C14H22N2/c1-12-5-3-2-4-10-16(12)11-13-6-8-14(15)9-7-13/h6-9,12H,2-5,10-11,15H2,1H3. The SMILES string of the molecule is CC1CCCCCN1Cc1ccc(N)cc1. The zero-order valence-corrected chi connectivity index (χ0v) is 10.2.